The molecule has 0 aliphatic heterocycles. The molecular formula is C52H58Cl2Zr-2. The second kappa shape index (κ2) is 18.8. The topological polar surface area (TPSA) is 0 Å². The molecule has 0 amide bonds. The van der Waals surface area contributed by atoms with Crippen LogP contribution in [0.4, 0.5) is 0 Å². The van der Waals surface area contributed by atoms with Gasteiger partial charge >= 0.3 is 76.7 Å². The Labute approximate surface area is 360 Å². The van der Waals surface area contributed by atoms with Gasteiger partial charge in [0.2, 0.25) is 0 Å². The molecule has 1 unspecified atom stereocenters. The van der Waals surface area contributed by atoms with E-state index in [-0.39, 0.29) is 35.6 Å². The second-order valence-electron chi connectivity index (χ2n) is 17.8. The number of benzene rings is 5. The largest absolute Gasteiger partial charge is 1.00 e. The van der Waals surface area contributed by atoms with Crippen molar-refractivity contribution in [3.05, 3.63) is 161 Å². The Morgan fingerprint density at radius 1 is 0.600 bits per heavy atom. The van der Waals surface area contributed by atoms with Crippen LogP contribution in [-0.2, 0) is 35.1 Å². The van der Waals surface area contributed by atoms with E-state index in [1.54, 1.807) is 0 Å². The third-order valence-corrected chi connectivity index (χ3v) is 10.8. The molecular weight excluding hydrogens is 787 g/mol. The zero-order valence-corrected chi connectivity index (χ0v) is 38.9. The summed E-state index contributed by atoms with van der Waals surface area (Å²) in [5, 5.41) is 5.36. The Bertz CT molecular complexity index is 2140. The van der Waals surface area contributed by atoms with Crippen LogP contribution < -0.4 is 24.8 Å². The van der Waals surface area contributed by atoms with Crippen molar-refractivity contribution in [2.75, 3.05) is 0 Å². The quantitative estimate of drug-likeness (QED) is 0.157. The first kappa shape index (κ1) is 46.2. The van der Waals surface area contributed by atoms with Gasteiger partial charge in [0.1, 0.15) is 0 Å². The molecule has 7 rings (SSSR count). The predicted octanol–water partition coefficient (Wildman–Crippen LogP) is 8.70. The molecule has 1 atom stereocenters. The second-order valence-corrected chi connectivity index (χ2v) is 19.7. The summed E-state index contributed by atoms with van der Waals surface area (Å²) in [5.74, 6) is 0.522. The molecule has 1 aliphatic carbocycles. The van der Waals surface area contributed by atoms with Crippen LogP contribution in [-0.4, -0.2) is 3.21 Å². The first-order valence-corrected chi connectivity index (χ1v) is 20.3. The van der Waals surface area contributed by atoms with Crippen molar-refractivity contribution in [3.8, 4) is 22.3 Å². The summed E-state index contributed by atoms with van der Waals surface area (Å²) in [5.41, 5.74) is 12.6. The van der Waals surface area contributed by atoms with Crippen LogP contribution in [0.3, 0.4) is 0 Å². The van der Waals surface area contributed by atoms with Gasteiger partial charge in [-0.15, -0.1) is 39.7 Å². The number of hydrogen-bond acceptors (Lipinski definition) is 0. The molecule has 286 valence electrons. The molecule has 0 heterocycles. The van der Waals surface area contributed by atoms with Gasteiger partial charge in [0.15, 0.2) is 0 Å². The average molecular weight is 845 g/mol. The molecule has 1 aliphatic rings. The van der Waals surface area contributed by atoms with Gasteiger partial charge in [-0.2, -0.15) is 11.6 Å². The van der Waals surface area contributed by atoms with Crippen LogP contribution in [0.5, 0.6) is 0 Å². The molecule has 0 saturated carbocycles. The summed E-state index contributed by atoms with van der Waals surface area (Å²) >= 11 is 1.51. The number of rotatable bonds is 3. The predicted molar refractivity (Wildman–Crippen MR) is 231 cm³/mol. The van der Waals surface area contributed by atoms with E-state index in [0.29, 0.717) is 11.3 Å². The summed E-state index contributed by atoms with van der Waals surface area (Å²) in [6.07, 6.45) is 7.65. The van der Waals surface area contributed by atoms with E-state index in [1.807, 2.05) is 0 Å². The monoisotopic (exact) mass is 842 g/mol. The van der Waals surface area contributed by atoms with Crippen molar-refractivity contribution in [1.29, 1.82) is 0 Å². The minimum atomic E-state index is 0. The molecule has 6 aromatic rings. The summed E-state index contributed by atoms with van der Waals surface area (Å²) in [7, 11) is 0. The van der Waals surface area contributed by atoms with Gasteiger partial charge in [-0.1, -0.05) is 153 Å². The number of hydrogen-bond donors (Lipinski definition) is 0. The summed E-state index contributed by atoms with van der Waals surface area (Å²) in [6.45, 7) is 27.1. The van der Waals surface area contributed by atoms with Gasteiger partial charge in [-0.25, -0.2) is 6.08 Å². The Morgan fingerprint density at radius 2 is 1.02 bits per heavy atom. The fourth-order valence-corrected chi connectivity index (χ4v) is 7.33. The number of allylic oxidation sites excluding steroid dienone is 4. The molecule has 0 nitrogen and oxygen atoms in total. The third kappa shape index (κ3) is 11.7. The minimum absolute atomic E-state index is 0. The Morgan fingerprint density at radius 3 is 1.33 bits per heavy atom. The zero-order chi connectivity index (χ0) is 38.7. The van der Waals surface area contributed by atoms with Crippen molar-refractivity contribution in [3.63, 3.8) is 0 Å². The van der Waals surface area contributed by atoms with Gasteiger partial charge in [0, 0.05) is 0 Å². The van der Waals surface area contributed by atoms with Crippen LogP contribution in [0.25, 0.3) is 43.8 Å². The van der Waals surface area contributed by atoms with Crippen molar-refractivity contribution in [2.24, 2.45) is 11.3 Å². The van der Waals surface area contributed by atoms with E-state index >= 15 is 0 Å². The summed E-state index contributed by atoms with van der Waals surface area (Å²) in [4.78, 5) is 0. The summed E-state index contributed by atoms with van der Waals surface area (Å²) < 4.78 is 1.46. The van der Waals surface area contributed by atoms with Crippen LogP contribution in [0.15, 0.2) is 133 Å². The Kier molecular flexibility index (Phi) is 15.8. The molecule has 0 radical (unpaired) electrons. The molecule has 6 aromatic carbocycles. The van der Waals surface area contributed by atoms with Gasteiger partial charge in [0.25, 0.3) is 0 Å². The van der Waals surface area contributed by atoms with E-state index in [0.717, 1.165) is 0 Å². The fraction of sp³-hybridized carbons (Fsp3) is 0.308. The normalized spacial score (nSPS) is 13.9. The molecule has 0 bridgehead atoms. The van der Waals surface area contributed by atoms with E-state index in [9.17, 15) is 0 Å². The van der Waals surface area contributed by atoms with E-state index in [1.165, 1.54) is 99.1 Å². The smallest absolute Gasteiger partial charge is 1.00 e. The molecule has 55 heavy (non-hydrogen) atoms. The number of fused-ring (bicyclic) bond motifs is 3. The average Bonchev–Trinajstić information content (AvgIpc) is 3.71. The zero-order valence-electron chi connectivity index (χ0n) is 35.0. The van der Waals surface area contributed by atoms with Crippen molar-refractivity contribution >= 4 is 24.8 Å². The van der Waals surface area contributed by atoms with Gasteiger partial charge in [0.05, 0.1) is 0 Å². The summed E-state index contributed by atoms with van der Waals surface area (Å²) in [6, 6.07) is 42.4. The first-order chi connectivity index (χ1) is 24.8. The van der Waals surface area contributed by atoms with Crippen LogP contribution in [0.2, 0.25) is 0 Å². The van der Waals surface area contributed by atoms with E-state index < -0.39 is 0 Å². The SMILES string of the molecule is CC(C)(C)c1cc2c(cc1-c1ccccc1)[cH-]c1cc(-c3ccccc3)c(C(C)(C)C)cc12.CC1[C-]=CC(C(C)(C)C)=C1.C[C](=[Zr+2])c1ccc(C)cc1.[Cl-].[Cl-]. The van der Waals surface area contributed by atoms with E-state index in [4.69, 9.17) is 0 Å². The maximum absolute atomic E-state index is 3.26. The third-order valence-electron chi connectivity index (χ3n) is 10.0. The minimum Gasteiger partial charge on any atom is -1.00 e. The van der Waals surface area contributed by atoms with Crippen molar-refractivity contribution < 1.29 is 49.0 Å². The maximum Gasteiger partial charge on any atom is -1.00 e. The standard InChI is InChI=1S/C33H33.C10H15.C9H10.2ClH.Zr/c1-32(2,3)30-20-26-24(18-28(30)22-13-9-7-10-14-22)17-25-19-29(23-15-11-8-12-16-23)31(21-27(25)26)33(4,5)6;1-8-5-6-9(7-8)10(2,3)4;1-3-9-6-4-8(2)5-7-9;;;/h7-21H,1-6H3;6-8H,1-4H3;4-7H,1-2H3;2*1H;/q2*-1;;;;+2/p-2. The number of aryl methyl sites for hydroxylation is 1. The van der Waals surface area contributed by atoms with Crippen LogP contribution >= 0.6 is 0 Å². The van der Waals surface area contributed by atoms with Crippen LogP contribution in [0, 0.1) is 24.3 Å². The molecule has 3 heteroatoms. The molecule has 0 aromatic heterocycles. The Balaban J connectivity index is 0.000000303. The van der Waals surface area contributed by atoms with Gasteiger partial charge in [-0.05, 0) is 44.2 Å². The molecule has 0 fully saturated rings. The van der Waals surface area contributed by atoms with Gasteiger partial charge in [-0.3, -0.25) is 6.08 Å². The maximum atomic E-state index is 3.26. The van der Waals surface area contributed by atoms with Crippen molar-refractivity contribution in [1.82, 2.24) is 0 Å². The molecule has 0 spiro atoms. The van der Waals surface area contributed by atoms with Gasteiger partial charge < -0.3 is 24.8 Å². The molecule has 0 N–H and O–H groups in total. The van der Waals surface area contributed by atoms with E-state index in [2.05, 4.69) is 217 Å². The molecule has 0 saturated heterocycles. The van der Waals surface area contributed by atoms with Crippen molar-refractivity contribution in [2.45, 2.75) is 93.9 Å². The first-order valence-electron chi connectivity index (χ1n) is 19.1. The fourth-order valence-electron chi connectivity index (χ4n) is 6.92. The number of halogens is 2. The van der Waals surface area contributed by atoms with Crippen LogP contribution in [0.1, 0.15) is 98.4 Å². The Hall–Kier alpha value is -3.22.